The zero-order valence-electron chi connectivity index (χ0n) is 11.3. The van der Waals surface area contributed by atoms with E-state index in [2.05, 4.69) is 10.0 Å². The molecule has 6 heteroatoms. The highest BCUT2D eigenvalue weighted by atomic mass is 32.2. The maximum Gasteiger partial charge on any atom is 0.236 e. The molecular formula is C15H15FN2O2S. The molecule has 2 N–H and O–H groups in total. The van der Waals surface area contributed by atoms with Crippen molar-refractivity contribution < 1.29 is 12.8 Å². The molecule has 110 valence electrons. The molecule has 1 aliphatic heterocycles. The molecule has 0 aliphatic carbocycles. The lowest BCUT2D eigenvalue weighted by atomic mass is 10.1. The molecule has 0 saturated carbocycles. The largest absolute Gasteiger partial charge is 0.384 e. The summed E-state index contributed by atoms with van der Waals surface area (Å²) in [6.07, 6.45) is 0.892. The molecule has 0 aromatic heterocycles. The molecule has 0 bridgehead atoms. The first-order chi connectivity index (χ1) is 10.0. The third-order valence-electron chi connectivity index (χ3n) is 3.36. The van der Waals surface area contributed by atoms with Crippen molar-refractivity contribution in [3.63, 3.8) is 0 Å². The summed E-state index contributed by atoms with van der Waals surface area (Å²) in [6, 6.07) is 10.9. The van der Waals surface area contributed by atoms with E-state index in [1.165, 1.54) is 24.3 Å². The molecule has 1 aliphatic rings. The molecule has 4 nitrogen and oxygen atoms in total. The predicted octanol–water partition coefficient (Wildman–Crippen LogP) is 2.74. The molecule has 21 heavy (non-hydrogen) atoms. The SMILES string of the molecule is O=S(=O)(Cc1ccc(F)cc1)Nc1ccc2c(c1)CCN2. The van der Waals surface area contributed by atoms with Crippen molar-refractivity contribution in [2.24, 2.45) is 0 Å². The highest BCUT2D eigenvalue weighted by molar-refractivity contribution is 7.91. The van der Waals surface area contributed by atoms with Crippen molar-refractivity contribution in [3.05, 3.63) is 59.4 Å². The average molecular weight is 306 g/mol. The Balaban J connectivity index is 1.75. The average Bonchev–Trinajstić information content (AvgIpc) is 2.88. The molecule has 0 amide bonds. The van der Waals surface area contributed by atoms with Gasteiger partial charge in [0.15, 0.2) is 0 Å². The Morgan fingerprint density at radius 1 is 1.14 bits per heavy atom. The van der Waals surface area contributed by atoms with E-state index in [4.69, 9.17) is 0 Å². The Morgan fingerprint density at radius 2 is 1.90 bits per heavy atom. The van der Waals surface area contributed by atoms with Crippen molar-refractivity contribution in [3.8, 4) is 0 Å². The molecular weight excluding hydrogens is 291 g/mol. The topological polar surface area (TPSA) is 58.2 Å². The van der Waals surface area contributed by atoms with Gasteiger partial charge in [-0.15, -0.1) is 0 Å². The predicted molar refractivity (Wildman–Crippen MR) is 81.3 cm³/mol. The van der Waals surface area contributed by atoms with Gasteiger partial charge >= 0.3 is 0 Å². The molecule has 0 spiro atoms. The van der Waals surface area contributed by atoms with Crippen LogP contribution in [0.3, 0.4) is 0 Å². The van der Waals surface area contributed by atoms with Crippen LogP contribution in [0, 0.1) is 5.82 Å². The van der Waals surface area contributed by atoms with Gasteiger partial charge in [0.25, 0.3) is 0 Å². The molecule has 1 heterocycles. The highest BCUT2D eigenvalue weighted by Gasteiger charge is 2.15. The first-order valence-electron chi connectivity index (χ1n) is 6.64. The Bertz CT molecular complexity index is 758. The van der Waals surface area contributed by atoms with Crippen molar-refractivity contribution >= 4 is 21.4 Å². The molecule has 0 fully saturated rings. The third-order valence-corrected chi connectivity index (χ3v) is 4.62. The fraction of sp³-hybridized carbons (Fsp3) is 0.200. The van der Waals surface area contributed by atoms with Gasteiger partial charge in [0, 0.05) is 17.9 Å². The number of benzene rings is 2. The van der Waals surface area contributed by atoms with Crippen LogP contribution in [0.2, 0.25) is 0 Å². The second-order valence-electron chi connectivity index (χ2n) is 5.04. The number of nitrogens with one attached hydrogen (secondary N) is 2. The number of halogens is 1. The third kappa shape index (κ3) is 3.33. The fourth-order valence-electron chi connectivity index (χ4n) is 2.38. The van der Waals surface area contributed by atoms with Crippen LogP contribution in [0.5, 0.6) is 0 Å². The Kier molecular flexibility index (Phi) is 3.55. The van der Waals surface area contributed by atoms with Gasteiger partial charge in [-0.1, -0.05) is 12.1 Å². The van der Waals surface area contributed by atoms with E-state index >= 15 is 0 Å². The van der Waals surface area contributed by atoms with E-state index in [1.54, 1.807) is 6.07 Å². The van der Waals surface area contributed by atoms with E-state index in [0.717, 1.165) is 24.2 Å². The first kappa shape index (κ1) is 13.9. The number of fused-ring (bicyclic) bond motifs is 1. The molecule has 2 aromatic rings. The van der Waals surface area contributed by atoms with Crippen molar-refractivity contribution in [1.82, 2.24) is 0 Å². The van der Waals surface area contributed by atoms with Gasteiger partial charge in [-0.25, -0.2) is 12.8 Å². The minimum absolute atomic E-state index is 0.178. The smallest absolute Gasteiger partial charge is 0.236 e. The van der Waals surface area contributed by atoms with Crippen LogP contribution >= 0.6 is 0 Å². The second kappa shape index (κ2) is 5.37. The fourth-order valence-corrected chi connectivity index (χ4v) is 3.57. The van der Waals surface area contributed by atoms with Crippen LogP contribution in [0.15, 0.2) is 42.5 Å². The number of sulfonamides is 1. The van der Waals surface area contributed by atoms with E-state index in [1.807, 2.05) is 12.1 Å². The van der Waals surface area contributed by atoms with Crippen LogP contribution in [0.25, 0.3) is 0 Å². The Labute approximate surface area is 123 Å². The molecule has 2 aromatic carbocycles. The van der Waals surface area contributed by atoms with Gasteiger partial charge < -0.3 is 5.32 Å². The van der Waals surface area contributed by atoms with Crippen molar-refractivity contribution in [1.29, 1.82) is 0 Å². The van der Waals surface area contributed by atoms with E-state index < -0.39 is 10.0 Å². The van der Waals surface area contributed by atoms with Gasteiger partial charge in [-0.05, 0) is 47.9 Å². The van der Waals surface area contributed by atoms with Gasteiger partial charge in [0.1, 0.15) is 5.82 Å². The number of rotatable bonds is 4. The van der Waals surface area contributed by atoms with Crippen LogP contribution < -0.4 is 10.0 Å². The summed E-state index contributed by atoms with van der Waals surface area (Å²) in [6.45, 7) is 0.876. The van der Waals surface area contributed by atoms with Gasteiger partial charge in [-0.3, -0.25) is 4.72 Å². The Hall–Kier alpha value is -2.08. The zero-order chi connectivity index (χ0) is 14.9. The number of hydrogen-bond donors (Lipinski definition) is 2. The zero-order valence-corrected chi connectivity index (χ0v) is 12.1. The first-order valence-corrected chi connectivity index (χ1v) is 8.29. The van der Waals surface area contributed by atoms with Crippen LogP contribution in [-0.4, -0.2) is 15.0 Å². The van der Waals surface area contributed by atoms with Crippen LogP contribution in [-0.2, 0) is 22.2 Å². The maximum absolute atomic E-state index is 12.8. The lowest BCUT2D eigenvalue weighted by Gasteiger charge is -2.09. The highest BCUT2D eigenvalue weighted by Crippen LogP contribution is 2.26. The summed E-state index contributed by atoms with van der Waals surface area (Å²) in [5.41, 5.74) is 3.26. The summed E-state index contributed by atoms with van der Waals surface area (Å²) in [7, 11) is -3.51. The van der Waals surface area contributed by atoms with Crippen molar-refractivity contribution in [2.75, 3.05) is 16.6 Å². The lowest BCUT2D eigenvalue weighted by molar-refractivity contribution is 0.600. The summed E-state index contributed by atoms with van der Waals surface area (Å²) >= 11 is 0. The van der Waals surface area contributed by atoms with E-state index in [9.17, 15) is 12.8 Å². The number of hydrogen-bond acceptors (Lipinski definition) is 3. The lowest BCUT2D eigenvalue weighted by Crippen LogP contribution is -2.15. The van der Waals surface area contributed by atoms with Gasteiger partial charge in [-0.2, -0.15) is 0 Å². The summed E-state index contributed by atoms with van der Waals surface area (Å²) in [5.74, 6) is -0.557. The van der Waals surface area contributed by atoms with Crippen molar-refractivity contribution in [2.45, 2.75) is 12.2 Å². The normalized spacial score (nSPS) is 13.6. The summed E-state index contributed by atoms with van der Waals surface area (Å²) in [4.78, 5) is 0. The van der Waals surface area contributed by atoms with E-state index in [-0.39, 0.29) is 11.6 Å². The Morgan fingerprint density at radius 3 is 2.67 bits per heavy atom. The summed E-state index contributed by atoms with van der Waals surface area (Å²) in [5, 5.41) is 3.22. The van der Waals surface area contributed by atoms with Crippen LogP contribution in [0.4, 0.5) is 15.8 Å². The minimum Gasteiger partial charge on any atom is -0.384 e. The molecule has 3 rings (SSSR count). The summed E-state index contributed by atoms with van der Waals surface area (Å²) < 4.78 is 39.7. The molecule has 0 unspecified atom stereocenters. The molecule has 0 saturated heterocycles. The van der Waals surface area contributed by atoms with Gasteiger partial charge in [0.2, 0.25) is 10.0 Å². The quantitative estimate of drug-likeness (QED) is 0.913. The van der Waals surface area contributed by atoms with Gasteiger partial charge in [0.05, 0.1) is 5.75 Å². The molecule has 0 radical (unpaired) electrons. The number of anilines is 2. The van der Waals surface area contributed by atoms with Crippen LogP contribution in [0.1, 0.15) is 11.1 Å². The standard InChI is InChI=1S/C15H15FN2O2S/c16-13-3-1-11(2-4-13)10-21(19,20)18-14-5-6-15-12(9-14)7-8-17-15/h1-6,9,17-18H,7-8,10H2. The monoisotopic (exact) mass is 306 g/mol. The second-order valence-corrected chi connectivity index (χ2v) is 6.76. The van der Waals surface area contributed by atoms with E-state index in [0.29, 0.717) is 11.3 Å². The molecule has 0 atom stereocenters. The minimum atomic E-state index is -3.51. The maximum atomic E-state index is 12.8.